The second-order valence-corrected chi connectivity index (χ2v) is 9.77. The molecule has 0 aliphatic carbocycles. The van der Waals surface area contributed by atoms with Gasteiger partial charge in [0, 0.05) is 42.6 Å². The summed E-state index contributed by atoms with van der Waals surface area (Å²) >= 11 is 3.24. The van der Waals surface area contributed by atoms with Gasteiger partial charge >= 0.3 is 0 Å². The molecule has 0 atom stereocenters. The first kappa shape index (κ1) is 24.0. The molecule has 0 heterocycles. The number of halogens is 1. The van der Waals surface area contributed by atoms with E-state index in [4.69, 9.17) is 0 Å². The third-order valence-electron chi connectivity index (χ3n) is 4.54. The van der Waals surface area contributed by atoms with E-state index < -0.39 is 10.0 Å². The number of hydrogen-bond acceptors (Lipinski definition) is 4. The first-order valence-electron chi connectivity index (χ1n) is 9.48. The normalized spacial score (nSPS) is 11.4. The van der Waals surface area contributed by atoms with Crippen molar-refractivity contribution in [3.05, 3.63) is 64.1 Å². The predicted octanol–water partition coefficient (Wildman–Crippen LogP) is 2.91. The summed E-state index contributed by atoms with van der Waals surface area (Å²) in [5, 5.41) is 2.75. The van der Waals surface area contributed by atoms with Crippen molar-refractivity contribution >= 4 is 37.8 Å². The molecule has 2 N–H and O–H groups in total. The Morgan fingerprint density at radius 3 is 2.37 bits per heavy atom. The Balaban J connectivity index is 1.80. The number of carbonyl (C=O) groups excluding carboxylic acids is 2. The molecule has 9 heteroatoms. The standard InChI is InChI=1S/C21H26BrN3O4S/c1-15(2)25(3)21(27)17-9-7-16(8-10-17)14-23-20(26)11-12-24-30(28,29)19-6-4-5-18(22)13-19/h4-10,13,15,24H,11-12,14H2,1-3H3,(H,23,26). The average molecular weight is 496 g/mol. The molecule has 0 fully saturated rings. The Kier molecular flexibility index (Phi) is 8.57. The highest BCUT2D eigenvalue weighted by Crippen LogP contribution is 2.15. The summed E-state index contributed by atoms with van der Waals surface area (Å²) in [5.74, 6) is -0.329. The lowest BCUT2D eigenvalue weighted by Crippen LogP contribution is -2.33. The lowest BCUT2D eigenvalue weighted by atomic mass is 10.1. The van der Waals surface area contributed by atoms with Crippen LogP contribution in [0.1, 0.15) is 36.2 Å². The summed E-state index contributed by atoms with van der Waals surface area (Å²) < 4.78 is 27.5. The molecular weight excluding hydrogens is 470 g/mol. The average Bonchev–Trinajstić information content (AvgIpc) is 2.71. The second-order valence-electron chi connectivity index (χ2n) is 7.09. The number of amides is 2. The van der Waals surface area contributed by atoms with Gasteiger partial charge in [0.15, 0.2) is 0 Å². The van der Waals surface area contributed by atoms with Crippen molar-refractivity contribution in [2.45, 2.75) is 37.8 Å². The van der Waals surface area contributed by atoms with Crippen LogP contribution in [0.15, 0.2) is 57.9 Å². The molecule has 2 aromatic rings. The summed E-state index contributed by atoms with van der Waals surface area (Å²) in [6, 6.07) is 13.5. The maximum atomic E-state index is 12.3. The van der Waals surface area contributed by atoms with Crippen molar-refractivity contribution in [2.24, 2.45) is 0 Å². The molecular formula is C21H26BrN3O4S. The largest absolute Gasteiger partial charge is 0.352 e. The van der Waals surface area contributed by atoms with E-state index in [2.05, 4.69) is 26.0 Å². The number of rotatable bonds is 9. The van der Waals surface area contributed by atoms with E-state index in [0.717, 1.165) is 5.56 Å². The van der Waals surface area contributed by atoms with Crippen LogP contribution in [0.25, 0.3) is 0 Å². The number of hydrogen-bond donors (Lipinski definition) is 2. The van der Waals surface area contributed by atoms with Gasteiger partial charge in [0.25, 0.3) is 5.91 Å². The van der Waals surface area contributed by atoms with E-state index in [1.165, 1.54) is 12.1 Å². The minimum atomic E-state index is -3.67. The van der Waals surface area contributed by atoms with Gasteiger partial charge in [0.1, 0.15) is 0 Å². The quantitative estimate of drug-likeness (QED) is 0.558. The van der Waals surface area contributed by atoms with Crippen LogP contribution in [-0.2, 0) is 21.4 Å². The van der Waals surface area contributed by atoms with E-state index in [1.54, 1.807) is 48.3 Å². The minimum absolute atomic E-state index is 0.00431. The van der Waals surface area contributed by atoms with Crippen LogP contribution in [0.4, 0.5) is 0 Å². The van der Waals surface area contributed by atoms with Gasteiger partial charge in [-0.05, 0) is 49.7 Å². The maximum Gasteiger partial charge on any atom is 0.253 e. The van der Waals surface area contributed by atoms with Crippen LogP contribution >= 0.6 is 15.9 Å². The molecule has 7 nitrogen and oxygen atoms in total. The summed E-state index contributed by atoms with van der Waals surface area (Å²) in [5.41, 5.74) is 1.44. The number of benzene rings is 2. The number of sulfonamides is 1. The lowest BCUT2D eigenvalue weighted by molar-refractivity contribution is -0.121. The van der Waals surface area contributed by atoms with Gasteiger partial charge in [0.05, 0.1) is 4.90 Å². The van der Waals surface area contributed by atoms with Crippen LogP contribution in [0.3, 0.4) is 0 Å². The fraction of sp³-hybridized carbons (Fsp3) is 0.333. The van der Waals surface area contributed by atoms with Gasteiger partial charge < -0.3 is 10.2 Å². The van der Waals surface area contributed by atoms with Crippen LogP contribution < -0.4 is 10.0 Å². The molecule has 2 aromatic carbocycles. The Hall–Kier alpha value is -2.23. The summed E-state index contributed by atoms with van der Waals surface area (Å²) in [6.45, 7) is 4.18. The summed E-state index contributed by atoms with van der Waals surface area (Å²) in [4.78, 5) is 26.1. The van der Waals surface area contributed by atoms with E-state index in [0.29, 0.717) is 16.6 Å². The zero-order valence-electron chi connectivity index (χ0n) is 17.2. The topological polar surface area (TPSA) is 95.6 Å². The third kappa shape index (κ3) is 6.93. The zero-order chi connectivity index (χ0) is 22.3. The van der Waals surface area contributed by atoms with Crippen LogP contribution in [0.2, 0.25) is 0 Å². The molecule has 0 saturated heterocycles. The van der Waals surface area contributed by atoms with Gasteiger partial charge in [-0.1, -0.05) is 34.1 Å². The molecule has 162 valence electrons. The van der Waals surface area contributed by atoms with Crippen LogP contribution in [-0.4, -0.2) is 44.8 Å². The van der Waals surface area contributed by atoms with Gasteiger partial charge in [-0.2, -0.15) is 0 Å². The smallest absolute Gasteiger partial charge is 0.253 e. The molecule has 0 radical (unpaired) electrons. The highest BCUT2D eigenvalue weighted by molar-refractivity contribution is 9.10. The van der Waals surface area contributed by atoms with Gasteiger partial charge in [-0.3, -0.25) is 9.59 Å². The van der Waals surface area contributed by atoms with Crippen LogP contribution in [0.5, 0.6) is 0 Å². The van der Waals surface area contributed by atoms with Crippen molar-refractivity contribution in [3.63, 3.8) is 0 Å². The van der Waals surface area contributed by atoms with E-state index in [1.807, 2.05) is 13.8 Å². The zero-order valence-corrected chi connectivity index (χ0v) is 19.6. The molecule has 30 heavy (non-hydrogen) atoms. The van der Waals surface area contributed by atoms with Crippen molar-refractivity contribution < 1.29 is 18.0 Å². The third-order valence-corrected chi connectivity index (χ3v) is 6.49. The first-order chi connectivity index (χ1) is 14.1. The number of nitrogens with one attached hydrogen (secondary N) is 2. The van der Waals surface area contributed by atoms with Crippen molar-refractivity contribution in [3.8, 4) is 0 Å². The summed E-state index contributed by atoms with van der Waals surface area (Å²) in [7, 11) is -1.91. The van der Waals surface area contributed by atoms with Crippen LogP contribution in [0, 0.1) is 0 Å². The molecule has 0 unspecified atom stereocenters. The molecule has 0 aliphatic rings. The maximum absolute atomic E-state index is 12.3. The minimum Gasteiger partial charge on any atom is -0.352 e. The molecule has 0 saturated carbocycles. The lowest BCUT2D eigenvalue weighted by Gasteiger charge is -2.21. The first-order valence-corrected chi connectivity index (χ1v) is 11.8. The van der Waals surface area contributed by atoms with Crippen molar-refractivity contribution in [1.82, 2.24) is 14.9 Å². The molecule has 0 bridgehead atoms. The number of nitrogens with zero attached hydrogens (tertiary/aromatic N) is 1. The van der Waals surface area contributed by atoms with Crippen molar-refractivity contribution in [2.75, 3.05) is 13.6 Å². The molecule has 2 rings (SSSR count). The van der Waals surface area contributed by atoms with Gasteiger partial charge in [-0.15, -0.1) is 0 Å². The second kappa shape index (κ2) is 10.7. The Morgan fingerprint density at radius 1 is 1.10 bits per heavy atom. The van der Waals surface area contributed by atoms with Gasteiger partial charge in [-0.25, -0.2) is 13.1 Å². The fourth-order valence-corrected chi connectivity index (χ4v) is 4.14. The highest BCUT2D eigenvalue weighted by atomic mass is 79.9. The highest BCUT2D eigenvalue weighted by Gasteiger charge is 2.15. The summed E-state index contributed by atoms with van der Waals surface area (Å²) in [6.07, 6.45) is 0.0169. The molecule has 0 spiro atoms. The predicted molar refractivity (Wildman–Crippen MR) is 119 cm³/mol. The molecule has 0 aliphatic heterocycles. The SMILES string of the molecule is CC(C)N(C)C(=O)c1ccc(CNC(=O)CCNS(=O)(=O)c2cccc(Br)c2)cc1. The van der Waals surface area contributed by atoms with E-state index >= 15 is 0 Å². The van der Waals surface area contributed by atoms with Crippen molar-refractivity contribution in [1.29, 1.82) is 0 Å². The Morgan fingerprint density at radius 2 is 1.77 bits per heavy atom. The fourth-order valence-electron chi connectivity index (χ4n) is 2.51. The Bertz CT molecular complexity index is 992. The molecule has 2 amide bonds. The Labute approximate surface area is 186 Å². The van der Waals surface area contributed by atoms with E-state index in [-0.39, 0.29) is 35.7 Å². The molecule has 0 aromatic heterocycles. The monoisotopic (exact) mass is 495 g/mol. The van der Waals surface area contributed by atoms with E-state index in [9.17, 15) is 18.0 Å². The van der Waals surface area contributed by atoms with Gasteiger partial charge in [0.2, 0.25) is 15.9 Å². The number of carbonyl (C=O) groups is 2.